The molecule has 0 aromatic rings. The van der Waals surface area contributed by atoms with Gasteiger partial charge in [0.1, 0.15) is 0 Å². The van der Waals surface area contributed by atoms with Gasteiger partial charge in [0.15, 0.2) is 0 Å². The van der Waals surface area contributed by atoms with Crippen LogP contribution in [-0.2, 0) is 4.79 Å². The Morgan fingerprint density at radius 1 is 1.64 bits per heavy atom. The first-order valence-electron chi connectivity index (χ1n) is 3.76. The molecule has 1 heterocycles. The molecule has 63 valence electrons. The quantitative estimate of drug-likeness (QED) is 0.547. The highest BCUT2D eigenvalue weighted by Gasteiger charge is 2.27. The van der Waals surface area contributed by atoms with E-state index in [1.54, 1.807) is 11.3 Å². The van der Waals surface area contributed by atoms with Gasteiger partial charge >= 0.3 is 0 Å². The van der Waals surface area contributed by atoms with Crippen molar-refractivity contribution in [1.29, 1.82) is 0 Å². The molecule has 0 aromatic heterocycles. The van der Waals surface area contributed by atoms with Gasteiger partial charge in [0, 0.05) is 24.1 Å². The van der Waals surface area contributed by atoms with Gasteiger partial charge in [0.25, 0.3) is 0 Å². The number of rotatable bonds is 0. The van der Waals surface area contributed by atoms with Crippen LogP contribution in [0.25, 0.3) is 0 Å². The van der Waals surface area contributed by atoms with Crippen molar-refractivity contribution in [3.8, 4) is 0 Å². The van der Waals surface area contributed by atoms with Crippen LogP contribution >= 0.6 is 11.8 Å². The van der Waals surface area contributed by atoms with Crippen molar-refractivity contribution < 1.29 is 4.79 Å². The van der Waals surface area contributed by atoms with E-state index in [1.807, 2.05) is 18.8 Å². The maximum absolute atomic E-state index is 11.3. The van der Waals surface area contributed by atoms with E-state index in [2.05, 4.69) is 13.8 Å². The normalized spacial score (nSPS) is 25.0. The molecule has 1 saturated heterocycles. The highest BCUT2D eigenvalue weighted by atomic mass is 32.2. The molecule has 0 aliphatic carbocycles. The highest BCUT2D eigenvalue weighted by molar-refractivity contribution is 8.00. The highest BCUT2D eigenvalue weighted by Crippen LogP contribution is 2.29. The van der Waals surface area contributed by atoms with Crippen LogP contribution in [0.15, 0.2) is 0 Å². The van der Waals surface area contributed by atoms with Gasteiger partial charge in [-0.2, -0.15) is 11.8 Å². The Labute approximate surface area is 72.3 Å². The summed E-state index contributed by atoms with van der Waals surface area (Å²) >= 11 is 1.83. The summed E-state index contributed by atoms with van der Waals surface area (Å²) in [6.45, 7) is 5.02. The van der Waals surface area contributed by atoms with E-state index in [1.165, 1.54) is 0 Å². The Morgan fingerprint density at radius 2 is 2.27 bits per heavy atom. The molecule has 0 atom stereocenters. The van der Waals surface area contributed by atoms with Crippen LogP contribution in [0, 0.1) is 6.42 Å². The second kappa shape index (κ2) is 3.05. The van der Waals surface area contributed by atoms with E-state index in [0.29, 0.717) is 0 Å². The number of hydrogen-bond acceptors (Lipinski definition) is 2. The zero-order valence-corrected chi connectivity index (χ0v) is 8.07. The van der Waals surface area contributed by atoms with Crippen molar-refractivity contribution in [3.05, 3.63) is 6.42 Å². The van der Waals surface area contributed by atoms with Crippen LogP contribution in [0.1, 0.15) is 13.8 Å². The molecule has 0 unspecified atom stereocenters. The molecular weight excluding hydrogens is 158 g/mol. The summed E-state index contributed by atoms with van der Waals surface area (Å²) < 4.78 is 0.0157. The Kier molecular flexibility index (Phi) is 2.47. The average molecular weight is 172 g/mol. The molecule has 0 N–H and O–H groups in total. The summed E-state index contributed by atoms with van der Waals surface area (Å²) in [5.41, 5.74) is 0. The summed E-state index contributed by atoms with van der Waals surface area (Å²) in [5.74, 6) is 1.19. The fraction of sp³-hybridized carbons (Fsp3) is 0.750. The molecule has 0 spiro atoms. The SMILES string of the molecule is CN1CCSC(C)(C)[CH]C1=O. The number of thioether (sulfide) groups is 1. The zero-order valence-electron chi connectivity index (χ0n) is 7.26. The lowest BCUT2D eigenvalue weighted by atomic mass is 10.1. The Morgan fingerprint density at radius 3 is 2.91 bits per heavy atom. The van der Waals surface area contributed by atoms with E-state index < -0.39 is 0 Å². The van der Waals surface area contributed by atoms with E-state index >= 15 is 0 Å². The van der Waals surface area contributed by atoms with Crippen LogP contribution in [0.2, 0.25) is 0 Å². The van der Waals surface area contributed by atoms with E-state index in [-0.39, 0.29) is 10.7 Å². The van der Waals surface area contributed by atoms with Crippen LogP contribution in [-0.4, -0.2) is 34.9 Å². The number of amides is 1. The molecule has 1 rings (SSSR count). The Bertz CT molecular complexity index is 167. The lowest BCUT2D eigenvalue weighted by Gasteiger charge is -2.19. The largest absolute Gasteiger partial charge is 0.345 e. The molecule has 1 aliphatic rings. The maximum atomic E-state index is 11.3. The minimum Gasteiger partial charge on any atom is -0.345 e. The first-order chi connectivity index (χ1) is 5.01. The van der Waals surface area contributed by atoms with Gasteiger partial charge in [-0.1, -0.05) is 0 Å². The standard InChI is InChI=1S/C8H14NOS/c1-8(2)6-7(10)9(3)4-5-11-8/h6H,4-5H2,1-3H3. The molecule has 0 bridgehead atoms. The van der Waals surface area contributed by atoms with Crippen LogP contribution in [0.5, 0.6) is 0 Å². The molecular formula is C8H14NOS. The number of carbonyl (C=O) groups excluding carboxylic acids is 1. The smallest absolute Gasteiger partial charge is 0.227 e. The van der Waals surface area contributed by atoms with E-state index in [4.69, 9.17) is 0 Å². The third kappa shape index (κ3) is 2.40. The third-order valence-electron chi connectivity index (χ3n) is 1.75. The van der Waals surface area contributed by atoms with Crippen molar-refractivity contribution in [2.45, 2.75) is 18.6 Å². The lowest BCUT2D eigenvalue weighted by Crippen LogP contribution is -2.30. The summed E-state index contributed by atoms with van der Waals surface area (Å²) in [6.07, 6.45) is 1.80. The van der Waals surface area contributed by atoms with Crippen molar-refractivity contribution in [1.82, 2.24) is 4.90 Å². The summed E-state index contributed by atoms with van der Waals surface area (Å²) in [4.78, 5) is 13.1. The zero-order chi connectivity index (χ0) is 8.48. The third-order valence-corrected chi connectivity index (χ3v) is 3.00. The molecule has 1 fully saturated rings. The average Bonchev–Trinajstić information content (AvgIpc) is 1.93. The number of hydrogen-bond donors (Lipinski definition) is 0. The molecule has 1 amide bonds. The number of carbonyl (C=O) groups is 1. The molecule has 3 heteroatoms. The maximum Gasteiger partial charge on any atom is 0.227 e. The monoisotopic (exact) mass is 172 g/mol. The van der Waals surface area contributed by atoms with Gasteiger partial charge < -0.3 is 4.90 Å². The number of nitrogens with zero attached hydrogens (tertiary/aromatic N) is 1. The molecule has 2 nitrogen and oxygen atoms in total. The van der Waals surface area contributed by atoms with Crippen molar-refractivity contribution >= 4 is 17.7 Å². The topological polar surface area (TPSA) is 20.3 Å². The predicted molar refractivity (Wildman–Crippen MR) is 48.5 cm³/mol. The molecule has 1 aliphatic heterocycles. The second-order valence-corrected chi connectivity index (χ2v) is 5.11. The van der Waals surface area contributed by atoms with Gasteiger partial charge in [-0.05, 0) is 13.8 Å². The molecule has 0 aromatic carbocycles. The Hall–Kier alpha value is -0.180. The molecule has 1 radical (unpaired) electrons. The second-order valence-electron chi connectivity index (χ2n) is 3.36. The predicted octanol–water partition coefficient (Wildman–Crippen LogP) is 1.17. The van der Waals surface area contributed by atoms with Crippen molar-refractivity contribution in [2.75, 3.05) is 19.3 Å². The van der Waals surface area contributed by atoms with Gasteiger partial charge in [-0.15, -0.1) is 0 Å². The first-order valence-corrected chi connectivity index (χ1v) is 4.75. The van der Waals surface area contributed by atoms with Crippen LogP contribution < -0.4 is 0 Å². The van der Waals surface area contributed by atoms with E-state index in [9.17, 15) is 4.79 Å². The van der Waals surface area contributed by atoms with Crippen LogP contribution in [0.3, 0.4) is 0 Å². The minimum absolute atomic E-state index is 0.0157. The van der Waals surface area contributed by atoms with Gasteiger partial charge in [0.2, 0.25) is 5.91 Å². The van der Waals surface area contributed by atoms with Crippen molar-refractivity contribution in [2.24, 2.45) is 0 Å². The summed E-state index contributed by atoms with van der Waals surface area (Å²) in [6, 6.07) is 0. The molecule has 0 saturated carbocycles. The van der Waals surface area contributed by atoms with Crippen molar-refractivity contribution in [3.63, 3.8) is 0 Å². The van der Waals surface area contributed by atoms with Gasteiger partial charge in [-0.25, -0.2) is 0 Å². The first kappa shape index (κ1) is 8.91. The van der Waals surface area contributed by atoms with Gasteiger partial charge in [0.05, 0.1) is 6.42 Å². The molecule has 11 heavy (non-hydrogen) atoms. The minimum atomic E-state index is 0.0157. The van der Waals surface area contributed by atoms with E-state index in [0.717, 1.165) is 12.3 Å². The Balaban J connectivity index is 2.63. The summed E-state index contributed by atoms with van der Waals surface area (Å²) in [5, 5.41) is 0. The summed E-state index contributed by atoms with van der Waals surface area (Å²) in [7, 11) is 1.85. The fourth-order valence-corrected chi connectivity index (χ4v) is 2.08. The van der Waals surface area contributed by atoms with Crippen LogP contribution in [0.4, 0.5) is 0 Å². The fourth-order valence-electron chi connectivity index (χ4n) is 1.01. The lowest BCUT2D eigenvalue weighted by molar-refractivity contribution is -0.126. The van der Waals surface area contributed by atoms with Gasteiger partial charge in [-0.3, -0.25) is 4.79 Å².